The maximum atomic E-state index is 13.0. The summed E-state index contributed by atoms with van der Waals surface area (Å²) in [4.78, 5) is 32.5. The van der Waals surface area contributed by atoms with Gasteiger partial charge in [0.2, 0.25) is 10.0 Å². The predicted octanol–water partition coefficient (Wildman–Crippen LogP) is 3.93. The average molecular weight is 580 g/mol. The summed E-state index contributed by atoms with van der Waals surface area (Å²) in [5, 5.41) is 6.17. The van der Waals surface area contributed by atoms with E-state index in [2.05, 4.69) is 25.2 Å². The molecule has 0 saturated carbocycles. The van der Waals surface area contributed by atoms with E-state index >= 15 is 0 Å². The number of nitrogens with zero attached hydrogens (tertiary/aromatic N) is 2. The van der Waals surface area contributed by atoms with Gasteiger partial charge in [-0.05, 0) is 88.6 Å². The van der Waals surface area contributed by atoms with E-state index in [9.17, 15) is 18.0 Å². The molecule has 2 heterocycles. The van der Waals surface area contributed by atoms with Crippen molar-refractivity contribution in [2.24, 2.45) is 0 Å². The Morgan fingerprint density at radius 2 is 1.71 bits per heavy atom. The highest BCUT2D eigenvalue weighted by atomic mass is 32.2. The molecule has 1 fully saturated rings. The topological polar surface area (TPSA) is 130 Å². The van der Waals surface area contributed by atoms with Crippen LogP contribution in [0.25, 0.3) is 0 Å². The lowest BCUT2D eigenvalue weighted by atomic mass is 10.1. The van der Waals surface area contributed by atoms with Crippen molar-refractivity contribution in [3.05, 3.63) is 84.6 Å². The number of benzene rings is 2. The molecule has 41 heavy (non-hydrogen) atoms. The first kappa shape index (κ1) is 30.0. The van der Waals surface area contributed by atoms with Crippen LogP contribution in [0.5, 0.6) is 0 Å². The number of aromatic nitrogens is 1. The van der Waals surface area contributed by atoms with E-state index in [1.54, 1.807) is 57.3 Å². The zero-order valence-corrected chi connectivity index (χ0v) is 24.4. The van der Waals surface area contributed by atoms with Crippen molar-refractivity contribution in [2.75, 3.05) is 23.3 Å². The van der Waals surface area contributed by atoms with Crippen LogP contribution in [-0.2, 0) is 19.6 Å². The molecule has 2 atom stereocenters. The molecule has 0 unspecified atom stereocenters. The van der Waals surface area contributed by atoms with Crippen molar-refractivity contribution in [1.82, 2.24) is 15.0 Å². The Hall–Kier alpha value is -3.96. The normalized spacial score (nSPS) is 16.5. The van der Waals surface area contributed by atoms with Crippen LogP contribution in [-0.4, -0.2) is 56.2 Å². The monoisotopic (exact) mass is 579 g/mol. The summed E-state index contributed by atoms with van der Waals surface area (Å²) in [6.45, 7) is 5.64. The van der Waals surface area contributed by atoms with Crippen molar-refractivity contribution >= 4 is 33.4 Å². The molecule has 0 spiro atoms. The Kier molecular flexibility index (Phi) is 9.61. The van der Waals surface area contributed by atoms with Gasteiger partial charge in [0.15, 0.2) is 0 Å². The molecule has 218 valence electrons. The number of hydrogen-bond acceptors (Lipinski definition) is 8. The first-order valence-electron chi connectivity index (χ1n) is 13.6. The molecule has 1 amide bonds. The van der Waals surface area contributed by atoms with Gasteiger partial charge in [0, 0.05) is 30.5 Å². The van der Waals surface area contributed by atoms with Crippen LogP contribution >= 0.6 is 0 Å². The van der Waals surface area contributed by atoms with Crippen LogP contribution in [0.2, 0.25) is 0 Å². The van der Waals surface area contributed by atoms with Crippen LogP contribution in [0.15, 0.2) is 83.9 Å². The van der Waals surface area contributed by atoms with E-state index in [1.807, 2.05) is 30.3 Å². The number of pyridine rings is 1. The van der Waals surface area contributed by atoms with Gasteiger partial charge in [-0.25, -0.2) is 13.4 Å². The van der Waals surface area contributed by atoms with Gasteiger partial charge in [-0.2, -0.15) is 4.72 Å². The van der Waals surface area contributed by atoms with Crippen LogP contribution < -0.4 is 20.3 Å². The summed E-state index contributed by atoms with van der Waals surface area (Å²) in [6, 6.07) is 19.3. The SMILES string of the molecule is CC(C)(C)OC(=O)[C@H](CNC(=O)c1ccc(N2CCCC[C@H]2Nc2ccccn2)cc1)NS(=O)(=O)c1ccccc1. The molecular weight excluding hydrogens is 542 g/mol. The molecule has 0 bridgehead atoms. The molecule has 1 aliphatic rings. The first-order chi connectivity index (χ1) is 19.5. The summed E-state index contributed by atoms with van der Waals surface area (Å²) in [5.41, 5.74) is 0.510. The molecule has 4 rings (SSSR count). The van der Waals surface area contributed by atoms with Crippen LogP contribution in [0, 0.1) is 0 Å². The van der Waals surface area contributed by atoms with Crippen LogP contribution in [0.3, 0.4) is 0 Å². The minimum atomic E-state index is -4.04. The largest absolute Gasteiger partial charge is 0.459 e. The summed E-state index contributed by atoms with van der Waals surface area (Å²) < 4.78 is 33.6. The lowest BCUT2D eigenvalue weighted by molar-refractivity contribution is -0.156. The number of piperidine rings is 1. The van der Waals surface area contributed by atoms with Crippen LogP contribution in [0.1, 0.15) is 50.4 Å². The van der Waals surface area contributed by atoms with E-state index in [0.29, 0.717) is 5.56 Å². The lowest BCUT2D eigenvalue weighted by Crippen LogP contribution is -2.50. The maximum Gasteiger partial charge on any atom is 0.326 e. The molecule has 1 aliphatic heterocycles. The zero-order valence-electron chi connectivity index (χ0n) is 23.5. The molecule has 0 aliphatic carbocycles. The second-order valence-electron chi connectivity index (χ2n) is 10.8. The summed E-state index contributed by atoms with van der Waals surface area (Å²) in [5.74, 6) is -0.419. The fourth-order valence-electron chi connectivity index (χ4n) is 4.51. The molecule has 3 aromatic rings. The summed E-state index contributed by atoms with van der Waals surface area (Å²) in [7, 11) is -4.04. The fraction of sp³-hybridized carbons (Fsp3) is 0.367. The fourth-order valence-corrected chi connectivity index (χ4v) is 5.72. The molecule has 1 aromatic heterocycles. The number of amides is 1. The second-order valence-corrected chi connectivity index (χ2v) is 12.6. The predicted molar refractivity (Wildman–Crippen MR) is 158 cm³/mol. The molecule has 1 saturated heterocycles. The van der Waals surface area contributed by atoms with Crippen molar-refractivity contribution in [3.8, 4) is 0 Å². The standard InChI is InChI=1S/C30H37N5O5S/c1-30(2,3)40-29(37)25(34-41(38,39)24-11-5-4-6-12-24)21-32-28(36)22-15-17-23(18-16-22)35-20-10-8-14-27(35)33-26-13-7-9-19-31-26/h4-7,9,11-13,15-19,25,27,34H,8,10,14,20-21H2,1-3H3,(H,31,33)(H,32,36)/t25-,27-/m0/s1. The number of hydrogen-bond donors (Lipinski definition) is 3. The van der Waals surface area contributed by atoms with Gasteiger partial charge in [0.25, 0.3) is 5.91 Å². The van der Waals surface area contributed by atoms with Crippen molar-refractivity contribution in [2.45, 2.75) is 62.7 Å². The number of ether oxygens (including phenoxy) is 1. The number of nitrogens with one attached hydrogen (secondary N) is 3. The van der Waals surface area contributed by atoms with Gasteiger partial charge in [-0.1, -0.05) is 24.3 Å². The maximum absolute atomic E-state index is 13.0. The van der Waals surface area contributed by atoms with E-state index < -0.39 is 33.5 Å². The first-order valence-corrected chi connectivity index (χ1v) is 15.1. The number of sulfonamides is 1. The van der Waals surface area contributed by atoms with E-state index in [4.69, 9.17) is 4.74 Å². The Bertz CT molecular complexity index is 1410. The second kappa shape index (κ2) is 13.1. The zero-order chi connectivity index (χ0) is 29.5. The highest BCUT2D eigenvalue weighted by Crippen LogP contribution is 2.26. The van der Waals surface area contributed by atoms with Gasteiger partial charge >= 0.3 is 5.97 Å². The van der Waals surface area contributed by atoms with Crippen LogP contribution in [0.4, 0.5) is 11.5 Å². The summed E-state index contributed by atoms with van der Waals surface area (Å²) >= 11 is 0. The number of carbonyl (C=O) groups excluding carboxylic acids is 2. The van der Waals surface area contributed by atoms with Crippen molar-refractivity contribution in [1.29, 1.82) is 0 Å². The molecule has 11 heteroatoms. The van der Waals surface area contributed by atoms with E-state index in [0.717, 1.165) is 37.3 Å². The number of anilines is 2. The molecular formula is C30H37N5O5S. The van der Waals surface area contributed by atoms with E-state index in [1.165, 1.54) is 12.1 Å². The molecule has 10 nitrogen and oxygen atoms in total. The minimum absolute atomic E-state index is 0.00373. The highest BCUT2D eigenvalue weighted by molar-refractivity contribution is 7.89. The third kappa shape index (κ3) is 8.51. The third-order valence-electron chi connectivity index (χ3n) is 6.45. The Morgan fingerprint density at radius 1 is 1.00 bits per heavy atom. The van der Waals surface area contributed by atoms with Crippen molar-refractivity contribution < 1.29 is 22.7 Å². The van der Waals surface area contributed by atoms with Crippen molar-refractivity contribution in [3.63, 3.8) is 0 Å². The summed E-state index contributed by atoms with van der Waals surface area (Å²) in [6.07, 6.45) is 4.96. The van der Waals surface area contributed by atoms with Gasteiger partial charge in [0.1, 0.15) is 23.6 Å². The molecule has 2 aromatic carbocycles. The average Bonchev–Trinajstić information content (AvgIpc) is 2.95. The Balaban J connectivity index is 1.43. The highest BCUT2D eigenvalue weighted by Gasteiger charge is 2.30. The third-order valence-corrected chi connectivity index (χ3v) is 7.94. The Labute approximate surface area is 241 Å². The Morgan fingerprint density at radius 3 is 2.37 bits per heavy atom. The minimum Gasteiger partial charge on any atom is -0.459 e. The smallest absolute Gasteiger partial charge is 0.326 e. The lowest BCUT2D eigenvalue weighted by Gasteiger charge is -2.38. The number of esters is 1. The van der Waals surface area contributed by atoms with E-state index in [-0.39, 0.29) is 17.6 Å². The van der Waals surface area contributed by atoms with Gasteiger partial charge < -0.3 is 20.3 Å². The number of rotatable bonds is 10. The molecule has 0 radical (unpaired) electrons. The quantitative estimate of drug-likeness (QED) is 0.308. The van der Waals surface area contributed by atoms with Gasteiger partial charge in [-0.3, -0.25) is 9.59 Å². The van der Waals surface area contributed by atoms with Gasteiger partial charge in [-0.15, -0.1) is 0 Å². The molecule has 3 N–H and O–H groups in total. The van der Waals surface area contributed by atoms with Gasteiger partial charge in [0.05, 0.1) is 4.90 Å². The number of carbonyl (C=O) groups is 2.